The summed E-state index contributed by atoms with van der Waals surface area (Å²) >= 11 is 0. The molecule has 0 aromatic heterocycles. The molecule has 2 aromatic rings. The van der Waals surface area contributed by atoms with Crippen molar-refractivity contribution >= 4 is 34.0 Å². The molecule has 0 spiro atoms. The van der Waals surface area contributed by atoms with E-state index in [0.29, 0.717) is 30.9 Å². The second kappa shape index (κ2) is 8.14. The molecule has 0 bridgehead atoms. The van der Waals surface area contributed by atoms with Crippen LogP contribution in [0.3, 0.4) is 0 Å². The van der Waals surface area contributed by atoms with Gasteiger partial charge in [-0.05, 0) is 49.8 Å². The van der Waals surface area contributed by atoms with Crippen LogP contribution >= 0.6 is 12.4 Å². The molecule has 3 rings (SSSR count). The molecular formula is C17H21ClFN3O2S. The summed E-state index contributed by atoms with van der Waals surface area (Å²) < 4.78 is 42.5. The van der Waals surface area contributed by atoms with Gasteiger partial charge in [0.25, 0.3) is 0 Å². The van der Waals surface area contributed by atoms with Crippen molar-refractivity contribution in [3.8, 4) is 0 Å². The Morgan fingerprint density at radius 2 is 1.92 bits per heavy atom. The highest BCUT2D eigenvalue weighted by Crippen LogP contribution is 2.38. The summed E-state index contributed by atoms with van der Waals surface area (Å²) in [5.41, 5.74) is 1.79. The molecule has 0 unspecified atom stereocenters. The molecule has 1 N–H and O–H groups in total. The number of halogens is 2. The number of nitrogens with one attached hydrogen (secondary N) is 1. The molecule has 0 amide bonds. The van der Waals surface area contributed by atoms with Crippen LogP contribution in [0.5, 0.6) is 0 Å². The van der Waals surface area contributed by atoms with Crippen molar-refractivity contribution in [1.29, 1.82) is 0 Å². The Balaban J connectivity index is 0.00000225. The fourth-order valence-electron chi connectivity index (χ4n) is 2.86. The van der Waals surface area contributed by atoms with Gasteiger partial charge in [-0.3, -0.25) is 0 Å². The zero-order chi connectivity index (χ0) is 17.2. The number of hydrogen-bond acceptors (Lipinski definition) is 3. The van der Waals surface area contributed by atoms with E-state index < -0.39 is 16.0 Å². The Labute approximate surface area is 154 Å². The van der Waals surface area contributed by atoms with Crippen molar-refractivity contribution in [3.63, 3.8) is 0 Å². The maximum Gasteiger partial charge on any atom is 0.308 e. The van der Waals surface area contributed by atoms with Crippen molar-refractivity contribution in [1.82, 2.24) is 9.62 Å². The first-order valence-electron chi connectivity index (χ1n) is 7.82. The molecule has 0 fully saturated rings. The van der Waals surface area contributed by atoms with Crippen molar-refractivity contribution in [2.75, 3.05) is 24.4 Å². The lowest BCUT2D eigenvalue weighted by molar-refractivity contribution is 0.392. The van der Waals surface area contributed by atoms with E-state index in [1.807, 2.05) is 19.2 Å². The smallest absolute Gasteiger partial charge is 0.308 e. The largest absolute Gasteiger partial charge is 0.320 e. The summed E-state index contributed by atoms with van der Waals surface area (Å²) in [5.74, 6) is -0.465. The van der Waals surface area contributed by atoms with E-state index in [-0.39, 0.29) is 12.4 Å². The minimum absolute atomic E-state index is 0. The third-order valence-corrected chi connectivity index (χ3v) is 5.82. The van der Waals surface area contributed by atoms with E-state index in [4.69, 9.17) is 0 Å². The molecule has 25 heavy (non-hydrogen) atoms. The van der Waals surface area contributed by atoms with Gasteiger partial charge in [-0.2, -0.15) is 12.7 Å². The monoisotopic (exact) mass is 385 g/mol. The molecule has 1 aliphatic heterocycles. The van der Waals surface area contributed by atoms with Crippen LogP contribution < -0.4 is 9.62 Å². The van der Waals surface area contributed by atoms with Crippen LogP contribution in [0.2, 0.25) is 0 Å². The fraction of sp³-hybridized carbons (Fsp3) is 0.294. The Hall–Kier alpha value is -1.67. The Kier molecular flexibility index (Phi) is 6.40. The van der Waals surface area contributed by atoms with Crippen LogP contribution in [0.15, 0.2) is 48.5 Å². The molecule has 136 valence electrons. The molecule has 5 nitrogen and oxygen atoms in total. The van der Waals surface area contributed by atoms with E-state index in [0.717, 1.165) is 12.1 Å². The van der Waals surface area contributed by atoms with E-state index in [9.17, 15) is 12.8 Å². The van der Waals surface area contributed by atoms with Crippen LogP contribution in [-0.4, -0.2) is 32.9 Å². The number of nitrogens with zero attached hydrogens (tertiary/aromatic N) is 2. The lowest BCUT2D eigenvalue weighted by Crippen LogP contribution is -2.46. The first kappa shape index (κ1) is 19.7. The van der Waals surface area contributed by atoms with E-state index in [2.05, 4.69) is 5.32 Å². The normalized spacial score (nSPS) is 16.2. The summed E-state index contributed by atoms with van der Waals surface area (Å²) in [5, 5.41) is 3.02. The highest BCUT2D eigenvalue weighted by molar-refractivity contribution is 7.90. The van der Waals surface area contributed by atoms with Gasteiger partial charge in [-0.1, -0.05) is 24.3 Å². The molecular weight excluding hydrogens is 365 g/mol. The maximum atomic E-state index is 13.7. The highest BCUT2D eigenvalue weighted by atomic mass is 35.5. The molecule has 1 heterocycles. The van der Waals surface area contributed by atoms with Gasteiger partial charge in [0.15, 0.2) is 0 Å². The first-order chi connectivity index (χ1) is 11.5. The van der Waals surface area contributed by atoms with Crippen molar-refractivity contribution in [2.24, 2.45) is 0 Å². The minimum Gasteiger partial charge on any atom is -0.320 e. The summed E-state index contributed by atoms with van der Waals surface area (Å²) in [7, 11) is -1.92. The van der Waals surface area contributed by atoms with Crippen molar-refractivity contribution < 1.29 is 12.8 Å². The molecule has 0 radical (unpaired) electrons. The lowest BCUT2D eigenvalue weighted by Gasteiger charge is -2.37. The van der Waals surface area contributed by atoms with Gasteiger partial charge in [-0.25, -0.2) is 8.70 Å². The van der Waals surface area contributed by atoms with Crippen molar-refractivity contribution in [3.05, 3.63) is 59.9 Å². The molecule has 0 atom stereocenters. The second-order valence-electron chi connectivity index (χ2n) is 5.67. The Morgan fingerprint density at radius 1 is 1.16 bits per heavy atom. The van der Waals surface area contributed by atoms with Crippen LogP contribution in [0.25, 0.3) is 0 Å². The number of benzene rings is 2. The maximum absolute atomic E-state index is 13.7. The summed E-state index contributed by atoms with van der Waals surface area (Å²) in [6, 6.07) is 13.0. The van der Waals surface area contributed by atoms with Gasteiger partial charge in [0.05, 0.1) is 11.4 Å². The average molecular weight is 386 g/mol. The van der Waals surface area contributed by atoms with E-state index in [1.165, 1.54) is 26.8 Å². The summed E-state index contributed by atoms with van der Waals surface area (Å²) in [6.07, 6.45) is 0.703. The molecule has 0 aliphatic carbocycles. The average Bonchev–Trinajstić information content (AvgIpc) is 2.55. The van der Waals surface area contributed by atoms with Gasteiger partial charge >= 0.3 is 10.2 Å². The first-order valence-corrected chi connectivity index (χ1v) is 9.22. The predicted octanol–water partition coefficient (Wildman–Crippen LogP) is 3.06. The Bertz CT molecular complexity index is 832. The highest BCUT2D eigenvalue weighted by Gasteiger charge is 2.37. The van der Waals surface area contributed by atoms with Crippen LogP contribution in [0.4, 0.5) is 15.8 Å². The minimum atomic E-state index is -3.76. The molecule has 0 saturated heterocycles. The molecule has 1 aliphatic rings. The number of para-hydroxylation sites is 1. The zero-order valence-electron chi connectivity index (χ0n) is 13.9. The Morgan fingerprint density at radius 3 is 2.64 bits per heavy atom. The van der Waals surface area contributed by atoms with Crippen LogP contribution in [0.1, 0.15) is 12.0 Å². The van der Waals surface area contributed by atoms with Gasteiger partial charge < -0.3 is 5.32 Å². The van der Waals surface area contributed by atoms with Crippen LogP contribution in [-0.2, 0) is 16.8 Å². The number of anilines is 2. The van der Waals surface area contributed by atoms with Gasteiger partial charge in [-0.15, -0.1) is 12.4 Å². The zero-order valence-corrected chi connectivity index (χ0v) is 15.5. The number of hydrogen-bond donors (Lipinski definition) is 1. The third-order valence-electron chi connectivity index (χ3n) is 3.99. The summed E-state index contributed by atoms with van der Waals surface area (Å²) in [6.45, 7) is 1.46. The topological polar surface area (TPSA) is 52.6 Å². The van der Waals surface area contributed by atoms with Crippen molar-refractivity contribution in [2.45, 2.75) is 13.0 Å². The third kappa shape index (κ3) is 3.95. The quantitative estimate of drug-likeness (QED) is 0.805. The SMILES string of the molecule is CNCCCN1Cc2ccccc2N(c2cccc(F)c2)S1(=O)=O.Cl. The lowest BCUT2D eigenvalue weighted by atomic mass is 10.1. The van der Waals surface area contributed by atoms with Gasteiger partial charge in [0.2, 0.25) is 0 Å². The summed E-state index contributed by atoms with van der Waals surface area (Å²) in [4.78, 5) is 0. The molecule has 0 saturated carbocycles. The standard InChI is InChI=1S/C17H20FN3O2S.ClH/c1-19-10-5-11-20-13-14-6-2-3-9-17(14)21(24(20,22)23)16-8-4-7-15(18)12-16;/h2-4,6-9,12,19H,5,10-11,13H2,1H3;1H. The predicted molar refractivity (Wildman–Crippen MR) is 100 cm³/mol. The molecule has 2 aromatic carbocycles. The fourth-order valence-corrected chi connectivity index (χ4v) is 4.55. The number of fused-ring (bicyclic) bond motifs is 1. The van der Waals surface area contributed by atoms with E-state index in [1.54, 1.807) is 18.2 Å². The van der Waals surface area contributed by atoms with Gasteiger partial charge in [0.1, 0.15) is 5.82 Å². The van der Waals surface area contributed by atoms with Crippen LogP contribution in [0, 0.1) is 5.82 Å². The molecule has 8 heteroatoms. The van der Waals surface area contributed by atoms with Gasteiger partial charge in [0, 0.05) is 13.1 Å². The number of rotatable bonds is 5. The second-order valence-corrected chi connectivity index (χ2v) is 7.45. The van der Waals surface area contributed by atoms with E-state index >= 15 is 0 Å².